The Hall–Kier alpha value is -7.08. The Balaban J connectivity index is 0.000000553. The number of hydrogen-bond acceptors (Lipinski definition) is 16. The third kappa shape index (κ3) is 7.03. The van der Waals surface area contributed by atoms with Crippen LogP contribution in [0.25, 0.3) is 12.2 Å². The molecule has 2 aromatic rings. The molecule has 210 valence electrons. The van der Waals surface area contributed by atoms with Crippen LogP contribution >= 0.6 is 0 Å². The fraction of sp³-hybridized carbons (Fsp3) is 0. The molecular formula is C16H6N10O15. The molecule has 0 aromatic heterocycles. The molecule has 0 N–H and O–H groups in total. The third-order valence-electron chi connectivity index (χ3n) is 4.45. The maximum atomic E-state index is 11.3. The van der Waals surface area contributed by atoms with E-state index in [1.54, 1.807) is 0 Å². The van der Waals surface area contributed by atoms with Crippen LogP contribution in [-0.2, 0) is 0 Å². The summed E-state index contributed by atoms with van der Waals surface area (Å²) in [5.74, 6) is -0.750. The summed E-state index contributed by atoms with van der Waals surface area (Å²) >= 11 is 0. The van der Waals surface area contributed by atoms with Gasteiger partial charge in [-0.05, 0) is 17.1 Å². The van der Waals surface area contributed by atoms with Gasteiger partial charge in [-0.1, -0.05) is 0 Å². The molecule has 0 bridgehead atoms. The molecule has 0 radical (unpaired) electrons. The van der Waals surface area contributed by atoms with Gasteiger partial charge in [0.1, 0.15) is 11.1 Å². The normalized spacial score (nSPS) is 11.8. The Morgan fingerprint density at radius 3 is 0.976 bits per heavy atom. The number of nitrogens with zero attached hydrogens (tertiary/aromatic N) is 10. The standard InChI is InChI=1S/C14H6N6O12.C2N4O3/c21-15(22)7-3-11(17(25)26)9(12(4-7)18(27)28)1-2-10-13(19(29)30)5-8(16(23)24)6-14(10)20(31)32;7-2-3-1(4-5-2)6(8)9/h1-6H;/b2-1+;. The molecule has 0 atom stereocenters. The summed E-state index contributed by atoms with van der Waals surface area (Å²) in [6.45, 7) is 0. The number of amides is 2. The number of guanidine groups is 1. The van der Waals surface area contributed by atoms with Crippen molar-refractivity contribution in [3.8, 4) is 0 Å². The van der Waals surface area contributed by atoms with E-state index in [1.165, 1.54) is 0 Å². The zero-order valence-corrected chi connectivity index (χ0v) is 19.1. The number of hydrogen-bond donors (Lipinski definition) is 0. The van der Waals surface area contributed by atoms with Crippen molar-refractivity contribution >= 4 is 58.3 Å². The lowest BCUT2D eigenvalue weighted by molar-refractivity contribution is -0.403. The van der Waals surface area contributed by atoms with Crippen molar-refractivity contribution in [3.63, 3.8) is 0 Å². The maximum Gasteiger partial charge on any atom is 0.496 e. The first-order valence-corrected chi connectivity index (χ1v) is 9.64. The fourth-order valence-corrected chi connectivity index (χ4v) is 2.84. The number of carbonyl (C=O) groups is 1. The molecule has 25 nitrogen and oxygen atoms in total. The van der Waals surface area contributed by atoms with E-state index >= 15 is 0 Å². The molecule has 2 amide bonds. The molecule has 2 aromatic carbocycles. The van der Waals surface area contributed by atoms with Crippen LogP contribution in [0, 0.1) is 70.8 Å². The van der Waals surface area contributed by atoms with Gasteiger partial charge in [-0.15, -0.1) is 0 Å². The number of nitro benzene ring substituents is 6. The number of azo groups is 1. The monoisotopic (exact) mass is 578 g/mol. The first kappa shape index (κ1) is 30.1. The molecule has 25 heteroatoms. The molecule has 3 rings (SSSR count). The predicted octanol–water partition coefficient (Wildman–Crippen LogP) is 3.51. The van der Waals surface area contributed by atoms with Crippen molar-refractivity contribution in [2.45, 2.75) is 0 Å². The van der Waals surface area contributed by atoms with Gasteiger partial charge in [0.2, 0.25) is 0 Å². The molecule has 0 fully saturated rings. The van der Waals surface area contributed by atoms with E-state index < -0.39 is 91.7 Å². The SMILES string of the molecule is O=C1N=NC([N+](=O)[O-])=N1.O=[N+]([O-])c1cc([N+](=O)[O-])c(/C=C/c2c([N+](=O)[O-])cc([N+](=O)[O-])cc2[N+](=O)[O-])c([N+](=O)[O-])c1. The van der Waals surface area contributed by atoms with Crippen LogP contribution in [0.4, 0.5) is 38.9 Å². The molecule has 0 saturated carbocycles. The van der Waals surface area contributed by atoms with Gasteiger partial charge in [-0.25, -0.2) is 4.79 Å². The Morgan fingerprint density at radius 2 is 0.805 bits per heavy atom. The minimum Gasteiger partial charge on any atom is -0.390 e. The third-order valence-corrected chi connectivity index (χ3v) is 4.45. The lowest BCUT2D eigenvalue weighted by atomic mass is 10.0. The zero-order valence-electron chi connectivity index (χ0n) is 19.1. The Morgan fingerprint density at radius 1 is 0.488 bits per heavy atom. The minimum absolute atomic E-state index is 0.394. The molecule has 0 unspecified atom stereocenters. The van der Waals surface area contributed by atoms with Crippen LogP contribution in [0.3, 0.4) is 0 Å². The molecule has 1 heterocycles. The van der Waals surface area contributed by atoms with Crippen LogP contribution in [0.5, 0.6) is 0 Å². The fourth-order valence-electron chi connectivity index (χ4n) is 2.84. The van der Waals surface area contributed by atoms with Crippen molar-refractivity contribution in [1.82, 2.24) is 0 Å². The maximum absolute atomic E-state index is 11.3. The minimum atomic E-state index is -1.20. The highest BCUT2D eigenvalue weighted by Gasteiger charge is 2.32. The van der Waals surface area contributed by atoms with E-state index in [0.29, 0.717) is 36.4 Å². The summed E-state index contributed by atoms with van der Waals surface area (Å²) < 4.78 is 0. The van der Waals surface area contributed by atoms with Gasteiger partial charge in [-0.3, -0.25) is 60.7 Å². The molecule has 0 aliphatic carbocycles. The van der Waals surface area contributed by atoms with Gasteiger partial charge in [-0.2, -0.15) is 0 Å². The summed E-state index contributed by atoms with van der Waals surface area (Å²) in [6.07, 6.45) is 1.09. The van der Waals surface area contributed by atoms with E-state index in [4.69, 9.17) is 0 Å². The van der Waals surface area contributed by atoms with Crippen LogP contribution in [0.15, 0.2) is 39.5 Å². The van der Waals surface area contributed by atoms with Gasteiger partial charge in [0.25, 0.3) is 34.1 Å². The van der Waals surface area contributed by atoms with Crippen molar-refractivity contribution in [3.05, 3.63) is 106 Å². The van der Waals surface area contributed by atoms with Crippen LogP contribution < -0.4 is 0 Å². The van der Waals surface area contributed by atoms with E-state index in [2.05, 4.69) is 15.2 Å². The van der Waals surface area contributed by atoms with Crippen molar-refractivity contribution in [2.75, 3.05) is 0 Å². The van der Waals surface area contributed by atoms with Gasteiger partial charge < -0.3 is 10.1 Å². The predicted molar refractivity (Wildman–Crippen MR) is 126 cm³/mol. The van der Waals surface area contributed by atoms with Crippen LogP contribution in [0.1, 0.15) is 11.1 Å². The second-order valence-electron chi connectivity index (χ2n) is 6.82. The molecule has 0 spiro atoms. The van der Waals surface area contributed by atoms with E-state index in [9.17, 15) is 75.6 Å². The second-order valence-corrected chi connectivity index (χ2v) is 6.82. The largest absolute Gasteiger partial charge is 0.496 e. The first-order chi connectivity index (χ1) is 19.0. The highest BCUT2D eigenvalue weighted by molar-refractivity contribution is 5.93. The summed E-state index contributed by atoms with van der Waals surface area (Å²) in [5, 5.41) is 82.3. The highest BCUT2D eigenvalue weighted by Crippen LogP contribution is 2.38. The van der Waals surface area contributed by atoms with E-state index in [1.807, 2.05) is 0 Å². The van der Waals surface area contributed by atoms with Gasteiger partial charge in [0, 0.05) is 10.1 Å². The number of carbonyl (C=O) groups excluding carboxylic acids is 1. The molecule has 0 saturated heterocycles. The second kappa shape index (κ2) is 12.0. The summed E-state index contributed by atoms with van der Waals surface area (Å²) in [5.41, 5.74) is -8.21. The first-order valence-electron chi connectivity index (χ1n) is 9.64. The number of non-ortho nitro benzene ring substituents is 2. The van der Waals surface area contributed by atoms with Crippen molar-refractivity contribution in [2.24, 2.45) is 15.2 Å². The Kier molecular flexibility index (Phi) is 8.81. The zero-order chi connectivity index (χ0) is 31.2. The van der Waals surface area contributed by atoms with Crippen LogP contribution in [-0.4, -0.2) is 46.5 Å². The summed E-state index contributed by atoms with van der Waals surface area (Å²) in [7, 11) is 0. The van der Waals surface area contributed by atoms with Gasteiger partial charge >= 0.3 is 12.0 Å². The van der Waals surface area contributed by atoms with Crippen molar-refractivity contribution < 1.29 is 39.3 Å². The molecule has 41 heavy (non-hydrogen) atoms. The number of rotatable bonds is 8. The number of nitro groups is 7. The molecule has 1 aliphatic heterocycles. The number of benzene rings is 2. The van der Waals surface area contributed by atoms with E-state index in [-0.39, 0.29) is 0 Å². The summed E-state index contributed by atoms with van der Waals surface area (Å²) in [6, 6.07) is 0.648. The lowest BCUT2D eigenvalue weighted by Gasteiger charge is -2.02. The van der Waals surface area contributed by atoms with Gasteiger partial charge in [0.05, 0.1) is 58.9 Å². The van der Waals surface area contributed by atoms with Crippen LogP contribution in [0.2, 0.25) is 0 Å². The molecule has 1 aliphatic rings. The van der Waals surface area contributed by atoms with Gasteiger partial charge in [0.15, 0.2) is 0 Å². The quantitative estimate of drug-likeness (QED) is 0.245. The average molecular weight is 578 g/mol. The highest BCUT2D eigenvalue weighted by atomic mass is 16.7. The number of urea groups is 1. The topological polar surface area (TPSA) is 356 Å². The number of aliphatic imine (C=N–C) groups is 1. The lowest BCUT2D eigenvalue weighted by Crippen LogP contribution is -2.05. The molecular weight excluding hydrogens is 572 g/mol. The van der Waals surface area contributed by atoms with Crippen molar-refractivity contribution in [1.29, 1.82) is 0 Å². The Labute approximate surface area is 219 Å². The van der Waals surface area contributed by atoms with E-state index in [0.717, 1.165) is 0 Å². The Bertz CT molecular complexity index is 1500. The average Bonchev–Trinajstić information content (AvgIpc) is 3.33. The smallest absolute Gasteiger partial charge is 0.390 e. The summed E-state index contributed by atoms with van der Waals surface area (Å²) in [4.78, 5) is 81.6.